The predicted octanol–water partition coefficient (Wildman–Crippen LogP) is 1.50. The fourth-order valence-electron chi connectivity index (χ4n) is 1.39. The van der Waals surface area contributed by atoms with E-state index in [0.717, 1.165) is 5.56 Å². The minimum atomic E-state index is -0.270. The molecule has 0 aromatic heterocycles. The SMILES string of the molecule is COC1NC(=O)c2ccccc21.Cl. The van der Waals surface area contributed by atoms with Crippen molar-refractivity contribution in [3.8, 4) is 0 Å². The molecule has 4 heteroatoms. The van der Waals surface area contributed by atoms with Gasteiger partial charge in [-0.1, -0.05) is 18.2 Å². The number of carbonyl (C=O) groups is 1. The van der Waals surface area contributed by atoms with Crippen molar-refractivity contribution in [3.63, 3.8) is 0 Å². The van der Waals surface area contributed by atoms with E-state index >= 15 is 0 Å². The van der Waals surface area contributed by atoms with E-state index in [1.165, 1.54) is 0 Å². The van der Waals surface area contributed by atoms with Crippen LogP contribution in [0.25, 0.3) is 0 Å². The minimum Gasteiger partial charge on any atom is -0.357 e. The zero-order valence-electron chi connectivity index (χ0n) is 7.11. The van der Waals surface area contributed by atoms with Crippen molar-refractivity contribution in [2.75, 3.05) is 7.11 Å². The molecule has 0 bridgehead atoms. The molecule has 1 atom stereocenters. The van der Waals surface area contributed by atoms with Crippen LogP contribution in [0.15, 0.2) is 24.3 Å². The molecule has 70 valence electrons. The van der Waals surface area contributed by atoms with Crippen LogP contribution in [0.4, 0.5) is 0 Å². The molecule has 1 aliphatic rings. The Morgan fingerprint density at radius 2 is 2.08 bits per heavy atom. The molecule has 3 nitrogen and oxygen atoms in total. The normalized spacial score (nSPS) is 18.8. The van der Waals surface area contributed by atoms with Gasteiger partial charge in [0.1, 0.15) is 0 Å². The van der Waals surface area contributed by atoms with E-state index in [-0.39, 0.29) is 24.5 Å². The summed E-state index contributed by atoms with van der Waals surface area (Å²) >= 11 is 0. The Labute approximate surface area is 82.5 Å². The van der Waals surface area contributed by atoms with Gasteiger partial charge in [-0.15, -0.1) is 12.4 Å². The largest absolute Gasteiger partial charge is 0.357 e. The quantitative estimate of drug-likeness (QED) is 0.745. The summed E-state index contributed by atoms with van der Waals surface area (Å²) in [4.78, 5) is 11.2. The molecule has 0 radical (unpaired) electrons. The number of carbonyl (C=O) groups excluding carboxylic acids is 1. The summed E-state index contributed by atoms with van der Waals surface area (Å²) < 4.78 is 5.08. The van der Waals surface area contributed by atoms with Gasteiger partial charge in [0.2, 0.25) is 0 Å². The lowest BCUT2D eigenvalue weighted by Crippen LogP contribution is -2.19. The molecule has 0 fully saturated rings. The second-order valence-corrected chi connectivity index (χ2v) is 2.68. The minimum absolute atomic E-state index is 0. The second-order valence-electron chi connectivity index (χ2n) is 2.68. The second kappa shape index (κ2) is 3.77. The molecule has 0 spiro atoms. The molecule has 2 rings (SSSR count). The first kappa shape index (κ1) is 10.0. The van der Waals surface area contributed by atoms with Crippen LogP contribution in [0, 0.1) is 0 Å². The molecule has 1 amide bonds. The topological polar surface area (TPSA) is 38.3 Å². The number of methoxy groups -OCH3 is 1. The number of halogens is 1. The zero-order chi connectivity index (χ0) is 8.55. The van der Waals surface area contributed by atoms with Crippen molar-refractivity contribution in [2.45, 2.75) is 6.23 Å². The van der Waals surface area contributed by atoms with Gasteiger partial charge in [0, 0.05) is 18.2 Å². The van der Waals surface area contributed by atoms with Gasteiger partial charge in [-0.25, -0.2) is 0 Å². The van der Waals surface area contributed by atoms with Gasteiger partial charge >= 0.3 is 0 Å². The fourth-order valence-corrected chi connectivity index (χ4v) is 1.39. The van der Waals surface area contributed by atoms with E-state index < -0.39 is 0 Å². The van der Waals surface area contributed by atoms with Crippen LogP contribution in [-0.4, -0.2) is 13.0 Å². The van der Waals surface area contributed by atoms with Gasteiger partial charge in [-0.05, 0) is 6.07 Å². The van der Waals surface area contributed by atoms with Crippen molar-refractivity contribution in [1.82, 2.24) is 5.32 Å². The van der Waals surface area contributed by atoms with E-state index in [0.29, 0.717) is 5.56 Å². The molecule has 1 heterocycles. The number of fused-ring (bicyclic) bond motifs is 1. The third-order valence-corrected chi connectivity index (χ3v) is 1.99. The van der Waals surface area contributed by atoms with Gasteiger partial charge < -0.3 is 10.1 Å². The number of benzene rings is 1. The molecule has 0 saturated carbocycles. The molecule has 1 aromatic rings. The van der Waals surface area contributed by atoms with Crippen LogP contribution in [0.5, 0.6) is 0 Å². The van der Waals surface area contributed by atoms with Crippen molar-refractivity contribution < 1.29 is 9.53 Å². The lowest BCUT2D eigenvalue weighted by atomic mass is 10.1. The monoisotopic (exact) mass is 199 g/mol. The van der Waals surface area contributed by atoms with Crippen LogP contribution in [0.1, 0.15) is 22.1 Å². The standard InChI is InChI=1S/C9H9NO2.ClH/c1-12-9-7-5-3-2-4-6(7)8(11)10-9;/h2-5,9H,1H3,(H,10,11);1H. The Morgan fingerprint density at radius 1 is 1.38 bits per heavy atom. The smallest absolute Gasteiger partial charge is 0.253 e. The van der Waals surface area contributed by atoms with E-state index in [1.807, 2.05) is 18.2 Å². The Kier molecular flexibility index (Phi) is 2.90. The molecular weight excluding hydrogens is 190 g/mol. The van der Waals surface area contributed by atoms with Gasteiger partial charge in [-0.2, -0.15) is 0 Å². The van der Waals surface area contributed by atoms with E-state index in [9.17, 15) is 4.79 Å². The molecule has 0 saturated heterocycles. The average Bonchev–Trinajstić information content (AvgIpc) is 2.44. The van der Waals surface area contributed by atoms with Crippen molar-refractivity contribution in [2.24, 2.45) is 0 Å². The summed E-state index contributed by atoms with van der Waals surface area (Å²) in [5, 5.41) is 2.71. The summed E-state index contributed by atoms with van der Waals surface area (Å²) in [6.45, 7) is 0. The van der Waals surface area contributed by atoms with Gasteiger partial charge in [0.25, 0.3) is 5.91 Å². The molecule has 1 N–H and O–H groups in total. The summed E-state index contributed by atoms with van der Waals surface area (Å²) in [5.41, 5.74) is 1.63. The fraction of sp³-hybridized carbons (Fsp3) is 0.222. The zero-order valence-corrected chi connectivity index (χ0v) is 7.93. The first-order valence-corrected chi connectivity index (χ1v) is 3.75. The molecular formula is C9H10ClNO2. The lowest BCUT2D eigenvalue weighted by Gasteiger charge is -2.07. The molecule has 13 heavy (non-hydrogen) atoms. The van der Waals surface area contributed by atoms with Crippen LogP contribution < -0.4 is 5.32 Å². The third-order valence-electron chi connectivity index (χ3n) is 1.99. The van der Waals surface area contributed by atoms with Crippen molar-refractivity contribution in [1.29, 1.82) is 0 Å². The lowest BCUT2D eigenvalue weighted by molar-refractivity contribution is 0.0666. The summed E-state index contributed by atoms with van der Waals surface area (Å²) in [6.07, 6.45) is -0.270. The number of hydrogen-bond acceptors (Lipinski definition) is 2. The van der Waals surface area contributed by atoms with Gasteiger partial charge in [-0.3, -0.25) is 4.79 Å². The molecule has 0 aliphatic carbocycles. The highest BCUT2D eigenvalue weighted by Gasteiger charge is 2.27. The van der Waals surface area contributed by atoms with Crippen LogP contribution >= 0.6 is 12.4 Å². The van der Waals surface area contributed by atoms with Crippen molar-refractivity contribution in [3.05, 3.63) is 35.4 Å². The Balaban J connectivity index is 0.000000845. The Hall–Kier alpha value is -1.06. The first-order chi connectivity index (χ1) is 5.83. The maximum absolute atomic E-state index is 11.2. The highest BCUT2D eigenvalue weighted by molar-refractivity contribution is 5.98. The third kappa shape index (κ3) is 1.53. The summed E-state index contributed by atoms with van der Waals surface area (Å²) in [6, 6.07) is 7.42. The van der Waals surface area contributed by atoms with Crippen LogP contribution in [-0.2, 0) is 4.74 Å². The predicted molar refractivity (Wildman–Crippen MR) is 50.9 cm³/mol. The van der Waals surface area contributed by atoms with E-state index in [2.05, 4.69) is 5.32 Å². The highest BCUT2D eigenvalue weighted by Crippen LogP contribution is 2.24. The van der Waals surface area contributed by atoms with Crippen LogP contribution in [0.3, 0.4) is 0 Å². The van der Waals surface area contributed by atoms with E-state index in [4.69, 9.17) is 4.74 Å². The van der Waals surface area contributed by atoms with Gasteiger partial charge in [0.15, 0.2) is 6.23 Å². The number of nitrogens with one attached hydrogen (secondary N) is 1. The van der Waals surface area contributed by atoms with Crippen molar-refractivity contribution >= 4 is 18.3 Å². The van der Waals surface area contributed by atoms with Gasteiger partial charge in [0.05, 0.1) is 0 Å². The Morgan fingerprint density at radius 3 is 2.77 bits per heavy atom. The summed E-state index contributed by atoms with van der Waals surface area (Å²) in [7, 11) is 1.58. The molecule has 1 unspecified atom stereocenters. The number of ether oxygens (including phenoxy) is 1. The maximum Gasteiger partial charge on any atom is 0.253 e. The maximum atomic E-state index is 11.2. The van der Waals surface area contributed by atoms with E-state index in [1.54, 1.807) is 13.2 Å². The number of amides is 1. The molecule has 1 aromatic carbocycles. The summed E-state index contributed by atoms with van der Waals surface area (Å²) in [5.74, 6) is -0.0579. The Bertz CT molecular complexity index is 327. The van der Waals surface area contributed by atoms with Crippen LogP contribution in [0.2, 0.25) is 0 Å². The number of hydrogen-bond donors (Lipinski definition) is 1. The molecule has 1 aliphatic heterocycles. The highest BCUT2D eigenvalue weighted by atomic mass is 35.5. The first-order valence-electron chi connectivity index (χ1n) is 3.75. The number of rotatable bonds is 1. The average molecular weight is 200 g/mol.